The lowest BCUT2D eigenvalue weighted by Gasteiger charge is -2.09. The van der Waals surface area contributed by atoms with Gasteiger partial charge in [-0.05, 0) is 36.4 Å². The molecule has 3 rings (SSSR count). The molecule has 0 aliphatic heterocycles. The summed E-state index contributed by atoms with van der Waals surface area (Å²) in [6.45, 7) is 0.0657. The molecule has 7 heteroatoms. The first kappa shape index (κ1) is 19.4. The number of para-hydroxylation sites is 1. The molecule has 28 heavy (non-hydrogen) atoms. The molecule has 0 unspecified atom stereocenters. The zero-order valence-electron chi connectivity index (χ0n) is 15.2. The summed E-state index contributed by atoms with van der Waals surface area (Å²) >= 11 is 0. The second kappa shape index (κ2) is 9.05. The highest BCUT2D eigenvalue weighted by molar-refractivity contribution is 7.91. The molecule has 0 amide bonds. The van der Waals surface area contributed by atoms with E-state index in [9.17, 15) is 8.42 Å². The van der Waals surface area contributed by atoms with Crippen molar-refractivity contribution in [1.82, 2.24) is 0 Å². The fourth-order valence-electron chi connectivity index (χ4n) is 2.48. The van der Waals surface area contributed by atoms with Crippen LogP contribution in [0, 0.1) is 0 Å². The first-order valence-corrected chi connectivity index (χ1v) is 10.4. The number of nitrogens with zero attached hydrogens (tertiary/aromatic N) is 1. The molecule has 0 saturated heterocycles. The number of guanidine groups is 1. The number of nitrogens with one attached hydrogen (secondary N) is 1. The van der Waals surface area contributed by atoms with Crippen LogP contribution >= 0.6 is 0 Å². The second-order valence-electron chi connectivity index (χ2n) is 5.97. The number of sulfone groups is 1. The minimum atomic E-state index is -3.38. The predicted octanol–water partition coefficient (Wildman–Crippen LogP) is 3.68. The Balaban J connectivity index is 1.58. The van der Waals surface area contributed by atoms with E-state index in [0.29, 0.717) is 11.4 Å². The van der Waals surface area contributed by atoms with Crippen LogP contribution in [-0.4, -0.2) is 26.7 Å². The van der Waals surface area contributed by atoms with Gasteiger partial charge in [-0.3, -0.25) is 4.99 Å². The van der Waals surface area contributed by atoms with Gasteiger partial charge < -0.3 is 15.8 Å². The molecule has 0 saturated carbocycles. The van der Waals surface area contributed by atoms with Gasteiger partial charge in [0, 0.05) is 11.8 Å². The summed E-state index contributed by atoms with van der Waals surface area (Å²) in [6, 6.07) is 25.0. The predicted molar refractivity (Wildman–Crippen MR) is 112 cm³/mol. The van der Waals surface area contributed by atoms with E-state index in [1.807, 2.05) is 48.5 Å². The summed E-state index contributed by atoms with van der Waals surface area (Å²) in [6.07, 6.45) is 0. The van der Waals surface area contributed by atoms with Crippen LogP contribution in [0.2, 0.25) is 0 Å². The lowest BCUT2D eigenvalue weighted by atomic mass is 10.3. The molecule has 144 valence electrons. The number of ether oxygens (including phenoxy) is 1. The number of anilines is 1. The van der Waals surface area contributed by atoms with E-state index in [0.717, 1.165) is 5.75 Å². The van der Waals surface area contributed by atoms with Crippen molar-refractivity contribution < 1.29 is 13.2 Å². The van der Waals surface area contributed by atoms with Crippen molar-refractivity contribution in [3.8, 4) is 11.5 Å². The number of nitrogens with two attached hydrogens (primary N) is 1. The van der Waals surface area contributed by atoms with Crippen LogP contribution < -0.4 is 15.8 Å². The highest BCUT2D eigenvalue weighted by Gasteiger charge is 2.12. The van der Waals surface area contributed by atoms with Crippen molar-refractivity contribution in [1.29, 1.82) is 0 Å². The Kier molecular flexibility index (Phi) is 6.29. The highest BCUT2D eigenvalue weighted by Crippen LogP contribution is 2.23. The standard InChI is InChI=1S/C21H21N3O3S/c22-21(23-14-15-28(25,26)20-12-5-2-6-13-20)24-17-8-7-11-19(16-17)27-18-9-3-1-4-10-18/h1-13,16H,14-15H2,(H3,22,23,24). The average Bonchev–Trinajstić information content (AvgIpc) is 2.69. The van der Waals surface area contributed by atoms with E-state index in [1.54, 1.807) is 36.4 Å². The van der Waals surface area contributed by atoms with Crippen LogP contribution in [0.5, 0.6) is 11.5 Å². The fraction of sp³-hybridized carbons (Fsp3) is 0.0952. The Bertz CT molecular complexity index is 1040. The number of aliphatic imine (C=N–C) groups is 1. The van der Waals surface area contributed by atoms with Gasteiger partial charge >= 0.3 is 0 Å². The van der Waals surface area contributed by atoms with Crippen LogP contribution in [-0.2, 0) is 9.84 Å². The smallest absolute Gasteiger partial charge is 0.193 e. The zero-order chi connectivity index (χ0) is 19.8. The van der Waals surface area contributed by atoms with Crippen molar-refractivity contribution in [2.75, 3.05) is 17.6 Å². The zero-order valence-corrected chi connectivity index (χ0v) is 16.0. The summed E-state index contributed by atoms with van der Waals surface area (Å²) in [4.78, 5) is 4.39. The Morgan fingerprint density at radius 1 is 0.893 bits per heavy atom. The van der Waals surface area contributed by atoms with Gasteiger partial charge in [0.15, 0.2) is 15.8 Å². The van der Waals surface area contributed by atoms with Crippen LogP contribution in [0.1, 0.15) is 0 Å². The summed E-state index contributed by atoms with van der Waals surface area (Å²) < 4.78 is 30.3. The number of hydrogen-bond acceptors (Lipinski definition) is 4. The van der Waals surface area contributed by atoms with E-state index in [1.165, 1.54) is 0 Å². The van der Waals surface area contributed by atoms with Crippen molar-refractivity contribution in [2.24, 2.45) is 10.7 Å². The summed E-state index contributed by atoms with van der Waals surface area (Å²) in [5, 5.41) is 2.95. The van der Waals surface area contributed by atoms with Crippen molar-refractivity contribution >= 4 is 21.5 Å². The van der Waals surface area contributed by atoms with E-state index in [-0.39, 0.29) is 23.2 Å². The monoisotopic (exact) mass is 395 g/mol. The molecule has 0 aliphatic carbocycles. The van der Waals surface area contributed by atoms with Gasteiger partial charge in [-0.1, -0.05) is 42.5 Å². The van der Waals surface area contributed by atoms with Crippen LogP contribution in [0.15, 0.2) is 94.8 Å². The first-order valence-electron chi connectivity index (χ1n) is 8.71. The van der Waals surface area contributed by atoms with Crippen LogP contribution in [0.3, 0.4) is 0 Å². The third-order valence-electron chi connectivity index (χ3n) is 3.83. The Hall–Kier alpha value is -3.32. The van der Waals surface area contributed by atoms with Gasteiger partial charge in [0.05, 0.1) is 17.2 Å². The molecule has 3 N–H and O–H groups in total. The molecule has 3 aromatic rings. The highest BCUT2D eigenvalue weighted by atomic mass is 32.2. The van der Waals surface area contributed by atoms with Crippen molar-refractivity contribution in [3.05, 3.63) is 84.9 Å². The molecule has 0 radical (unpaired) electrons. The number of hydrogen-bond donors (Lipinski definition) is 2. The maximum atomic E-state index is 12.2. The Morgan fingerprint density at radius 3 is 2.25 bits per heavy atom. The number of rotatable bonds is 7. The molecular weight excluding hydrogens is 374 g/mol. The van der Waals surface area contributed by atoms with Gasteiger partial charge in [-0.2, -0.15) is 0 Å². The minimum absolute atomic E-state index is 0.0657. The summed E-state index contributed by atoms with van der Waals surface area (Å²) in [7, 11) is -3.38. The quantitative estimate of drug-likeness (QED) is 0.470. The molecule has 0 atom stereocenters. The molecule has 0 bridgehead atoms. The summed E-state index contributed by atoms with van der Waals surface area (Å²) in [5.41, 5.74) is 6.57. The van der Waals surface area contributed by atoms with Crippen molar-refractivity contribution in [3.63, 3.8) is 0 Å². The fourth-order valence-corrected chi connectivity index (χ4v) is 3.62. The lowest BCUT2D eigenvalue weighted by molar-refractivity contribution is 0.483. The SMILES string of the molecule is NC(=NCCS(=O)(=O)c1ccccc1)Nc1cccc(Oc2ccccc2)c1. The normalized spacial score (nSPS) is 11.8. The van der Waals surface area contributed by atoms with E-state index < -0.39 is 9.84 Å². The number of benzene rings is 3. The molecule has 3 aromatic carbocycles. The third kappa shape index (κ3) is 5.59. The van der Waals surface area contributed by atoms with E-state index >= 15 is 0 Å². The maximum absolute atomic E-state index is 12.2. The van der Waals surface area contributed by atoms with Gasteiger partial charge in [0.1, 0.15) is 11.5 Å². The lowest BCUT2D eigenvalue weighted by Crippen LogP contribution is -2.24. The molecule has 0 heterocycles. The topological polar surface area (TPSA) is 93.8 Å². The van der Waals surface area contributed by atoms with Crippen LogP contribution in [0.4, 0.5) is 5.69 Å². The van der Waals surface area contributed by atoms with Gasteiger partial charge in [-0.15, -0.1) is 0 Å². The van der Waals surface area contributed by atoms with E-state index in [2.05, 4.69) is 10.3 Å². The molecule has 0 spiro atoms. The largest absolute Gasteiger partial charge is 0.457 e. The van der Waals surface area contributed by atoms with Gasteiger partial charge in [-0.25, -0.2) is 8.42 Å². The summed E-state index contributed by atoms with van der Waals surface area (Å²) in [5.74, 6) is 1.40. The second-order valence-corrected chi connectivity index (χ2v) is 8.08. The molecular formula is C21H21N3O3S. The maximum Gasteiger partial charge on any atom is 0.193 e. The molecule has 6 nitrogen and oxygen atoms in total. The average molecular weight is 395 g/mol. The first-order chi connectivity index (χ1) is 13.5. The Labute approximate surface area is 164 Å². The Morgan fingerprint density at radius 2 is 1.54 bits per heavy atom. The van der Waals surface area contributed by atoms with E-state index in [4.69, 9.17) is 10.5 Å². The molecule has 0 fully saturated rings. The minimum Gasteiger partial charge on any atom is -0.457 e. The van der Waals surface area contributed by atoms with Gasteiger partial charge in [0.25, 0.3) is 0 Å². The van der Waals surface area contributed by atoms with Gasteiger partial charge in [0.2, 0.25) is 0 Å². The van der Waals surface area contributed by atoms with Crippen LogP contribution in [0.25, 0.3) is 0 Å². The van der Waals surface area contributed by atoms with Crippen molar-refractivity contribution in [2.45, 2.75) is 4.90 Å². The molecule has 0 aliphatic rings. The molecule has 0 aromatic heterocycles. The third-order valence-corrected chi connectivity index (χ3v) is 5.54.